The Hall–Kier alpha value is -1.88. The van der Waals surface area contributed by atoms with Crippen molar-refractivity contribution in [1.82, 2.24) is 9.78 Å². The number of carboxylic acid groups (broad SMARTS) is 1. The maximum Gasteiger partial charge on any atom is 0.356 e. The van der Waals surface area contributed by atoms with Crippen molar-refractivity contribution in [3.63, 3.8) is 0 Å². The van der Waals surface area contributed by atoms with Gasteiger partial charge in [0.05, 0.1) is 10.7 Å². The second-order valence-electron chi connectivity index (χ2n) is 3.93. The molecule has 4 nitrogen and oxygen atoms in total. The van der Waals surface area contributed by atoms with E-state index in [4.69, 9.17) is 16.7 Å². The number of nitrogens with zero attached hydrogens (tertiary/aromatic N) is 2. The zero-order chi connectivity index (χ0) is 13.4. The van der Waals surface area contributed by atoms with Gasteiger partial charge in [-0.2, -0.15) is 5.10 Å². The topological polar surface area (TPSA) is 55.1 Å². The first-order valence-corrected chi connectivity index (χ1v) is 5.51. The first-order chi connectivity index (χ1) is 8.40. The molecule has 0 atom stereocenters. The number of hydrogen-bond donors (Lipinski definition) is 1. The van der Waals surface area contributed by atoms with E-state index in [1.807, 2.05) is 0 Å². The second-order valence-corrected chi connectivity index (χ2v) is 4.34. The van der Waals surface area contributed by atoms with Crippen LogP contribution >= 0.6 is 11.6 Å². The summed E-state index contributed by atoms with van der Waals surface area (Å²) >= 11 is 5.77. The summed E-state index contributed by atoms with van der Waals surface area (Å²) in [5.41, 5.74) is 1.53. The molecule has 0 unspecified atom stereocenters. The van der Waals surface area contributed by atoms with Crippen LogP contribution < -0.4 is 0 Å². The highest BCUT2D eigenvalue weighted by molar-refractivity contribution is 6.31. The van der Waals surface area contributed by atoms with Crippen molar-refractivity contribution in [2.45, 2.75) is 6.92 Å². The zero-order valence-corrected chi connectivity index (χ0v) is 10.5. The number of halogens is 2. The Bertz CT molecular complexity index is 614. The third-order valence-corrected chi connectivity index (χ3v) is 2.88. The summed E-state index contributed by atoms with van der Waals surface area (Å²) in [4.78, 5) is 10.8. The fraction of sp³-hybridized carbons (Fsp3) is 0.167. The Morgan fingerprint density at radius 2 is 2.11 bits per heavy atom. The van der Waals surface area contributed by atoms with Gasteiger partial charge >= 0.3 is 5.97 Å². The summed E-state index contributed by atoms with van der Waals surface area (Å²) in [6, 6.07) is 4.47. The molecule has 1 aromatic heterocycles. The molecule has 1 aromatic carbocycles. The molecule has 6 heteroatoms. The highest BCUT2D eigenvalue weighted by atomic mass is 35.5. The molecule has 2 rings (SSSR count). The van der Waals surface area contributed by atoms with Gasteiger partial charge in [-0.15, -0.1) is 0 Å². The first kappa shape index (κ1) is 12.6. The number of hydrogen-bond acceptors (Lipinski definition) is 2. The Kier molecular flexibility index (Phi) is 3.09. The molecule has 0 fully saturated rings. The molecule has 0 radical (unpaired) electrons. The van der Waals surface area contributed by atoms with Crippen LogP contribution in [0.5, 0.6) is 0 Å². The highest BCUT2D eigenvalue weighted by Crippen LogP contribution is 2.27. The van der Waals surface area contributed by atoms with E-state index in [0.29, 0.717) is 16.8 Å². The van der Waals surface area contributed by atoms with Crippen LogP contribution in [0.1, 0.15) is 16.1 Å². The van der Waals surface area contributed by atoms with Crippen LogP contribution in [0, 0.1) is 12.7 Å². The average Bonchev–Trinajstić information content (AvgIpc) is 2.68. The van der Waals surface area contributed by atoms with E-state index in [9.17, 15) is 9.18 Å². The fourth-order valence-corrected chi connectivity index (χ4v) is 1.98. The number of carbonyl (C=O) groups is 1. The maximum atomic E-state index is 13.4. The highest BCUT2D eigenvalue weighted by Gasteiger charge is 2.14. The van der Waals surface area contributed by atoms with E-state index in [-0.39, 0.29) is 10.7 Å². The van der Waals surface area contributed by atoms with Gasteiger partial charge in [0.25, 0.3) is 0 Å². The summed E-state index contributed by atoms with van der Waals surface area (Å²) in [6.07, 6.45) is 0. The maximum absolute atomic E-state index is 13.4. The van der Waals surface area contributed by atoms with E-state index in [2.05, 4.69) is 5.10 Å². The number of carboxylic acids is 1. The van der Waals surface area contributed by atoms with E-state index in [0.717, 1.165) is 0 Å². The lowest BCUT2D eigenvalue weighted by atomic mass is 10.1. The van der Waals surface area contributed by atoms with Gasteiger partial charge in [0.2, 0.25) is 0 Å². The van der Waals surface area contributed by atoms with Crippen LogP contribution in [0.2, 0.25) is 5.02 Å². The summed E-state index contributed by atoms with van der Waals surface area (Å²) in [5, 5.41) is 12.7. The third-order valence-electron chi connectivity index (χ3n) is 2.60. The van der Waals surface area contributed by atoms with Crippen molar-refractivity contribution in [2.24, 2.45) is 7.05 Å². The molecule has 0 aliphatic carbocycles. The van der Waals surface area contributed by atoms with Gasteiger partial charge in [-0.05, 0) is 30.7 Å². The Morgan fingerprint density at radius 1 is 1.44 bits per heavy atom. The van der Waals surface area contributed by atoms with Crippen LogP contribution in [0.25, 0.3) is 11.3 Å². The summed E-state index contributed by atoms with van der Waals surface area (Å²) in [6.45, 7) is 1.60. The molecule has 0 spiro atoms. The molecule has 0 saturated heterocycles. The minimum Gasteiger partial charge on any atom is -0.476 e. The fourth-order valence-electron chi connectivity index (χ4n) is 1.72. The number of benzene rings is 1. The molecule has 18 heavy (non-hydrogen) atoms. The van der Waals surface area contributed by atoms with Crippen molar-refractivity contribution in [1.29, 1.82) is 0 Å². The van der Waals surface area contributed by atoms with Crippen LogP contribution in [-0.2, 0) is 7.05 Å². The van der Waals surface area contributed by atoms with Crippen LogP contribution in [0.3, 0.4) is 0 Å². The van der Waals surface area contributed by atoms with Crippen molar-refractivity contribution in [2.75, 3.05) is 0 Å². The van der Waals surface area contributed by atoms with Gasteiger partial charge in [0.15, 0.2) is 5.69 Å². The molecule has 2 aromatic rings. The molecule has 0 aliphatic rings. The monoisotopic (exact) mass is 268 g/mol. The normalized spacial score (nSPS) is 10.7. The number of aromatic nitrogens is 2. The SMILES string of the molecule is Cc1cc(-c2cc(C(=O)O)nn2C)cc(Cl)c1F. The zero-order valence-electron chi connectivity index (χ0n) is 9.74. The minimum absolute atomic E-state index is 0.00285. The van der Waals surface area contributed by atoms with Crippen molar-refractivity contribution in [3.8, 4) is 11.3 Å². The summed E-state index contributed by atoms with van der Waals surface area (Å²) in [5.74, 6) is -1.58. The lowest BCUT2D eigenvalue weighted by Crippen LogP contribution is -1.99. The minimum atomic E-state index is -1.11. The molecule has 0 aliphatic heterocycles. The molecule has 1 N–H and O–H groups in total. The van der Waals surface area contributed by atoms with Crippen LogP contribution in [0.4, 0.5) is 4.39 Å². The summed E-state index contributed by atoms with van der Waals surface area (Å²) < 4.78 is 14.8. The lowest BCUT2D eigenvalue weighted by molar-refractivity contribution is 0.0689. The molecule has 94 valence electrons. The standard InChI is InChI=1S/C12H10ClFN2O2/c1-6-3-7(4-8(13)11(6)14)10-5-9(12(17)18)15-16(10)2/h3-5H,1-2H3,(H,17,18). The Morgan fingerprint density at radius 3 is 2.61 bits per heavy atom. The van der Waals surface area contributed by atoms with E-state index in [1.54, 1.807) is 20.0 Å². The molecule has 0 saturated carbocycles. The second kappa shape index (κ2) is 4.42. The van der Waals surface area contributed by atoms with Gasteiger partial charge in [-0.1, -0.05) is 11.6 Å². The third kappa shape index (κ3) is 2.09. The summed E-state index contributed by atoms with van der Waals surface area (Å²) in [7, 11) is 1.62. The number of rotatable bonds is 2. The van der Waals surface area contributed by atoms with E-state index >= 15 is 0 Å². The van der Waals surface area contributed by atoms with Crippen LogP contribution in [-0.4, -0.2) is 20.9 Å². The van der Waals surface area contributed by atoms with Crippen molar-refractivity contribution < 1.29 is 14.3 Å². The predicted octanol–water partition coefficient (Wildman–Crippen LogP) is 2.89. The van der Waals surface area contributed by atoms with Crippen molar-refractivity contribution >= 4 is 17.6 Å². The van der Waals surface area contributed by atoms with Gasteiger partial charge < -0.3 is 5.11 Å². The Labute approximate surface area is 108 Å². The van der Waals surface area contributed by atoms with Gasteiger partial charge in [-0.25, -0.2) is 9.18 Å². The smallest absolute Gasteiger partial charge is 0.356 e. The van der Waals surface area contributed by atoms with Crippen LogP contribution in [0.15, 0.2) is 18.2 Å². The van der Waals surface area contributed by atoms with E-state index in [1.165, 1.54) is 16.8 Å². The molecule has 1 heterocycles. The molecule has 0 amide bonds. The lowest BCUT2D eigenvalue weighted by Gasteiger charge is -2.05. The number of aromatic carboxylic acids is 1. The predicted molar refractivity (Wildman–Crippen MR) is 65.3 cm³/mol. The van der Waals surface area contributed by atoms with Gasteiger partial charge in [-0.3, -0.25) is 4.68 Å². The largest absolute Gasteiger partial charge is 0.476 e. The molecular weight excluding hydrogens is 259 g/mol. The van der Waals surface area contributed by atoms with Crippen molar-refractivity contribution in [3.05, 3.63) is 40.3 Å². The Balaban J connectivity index is 2.58. The first-order valence-electron chi connectivity index (χ1n) is 5.13. The molecular formula is C12H10ClFN2O2. The molecule has 0 bridgehead atoms. The van der Waals surface area contributed by atoms with Gasteiger partial charge in [0.1, 0.15) is 5.82 Å². The van der Waals surface area contributed by atoms with Gasteiger partial charge in [0, 0.05) is 12.6 Å². The quantitative estimate of drug-likeness (QED) is 0.911. The number of aryl methyl sites for hydroxylation is 2. The average molecular weight is 269 g/mol. The van der Waals surface area contributed by atoms with E-state index < -0.39 is 11.8 Å².